The molecule has 1 N–H and O–H groups in total. The Balaban J connectivity index is 1.89. The number of nitrogens with zero attached hydrogens (tertiary/aromatic N) is 5. The van der Waals surface area contributed by atoms with Crippen molar-refractivity contribution >= 4 is 51.5 Å². The molecule has 1 fully saturated rings. The Morgan fingerprint density at radius 1 is 1.27 bits per heavy atom. The maximum atomic E-state index is 12.9. The summed E-state index contributed by atoms with van der Waals surface area (Å²) in [6.07, 6.45) is 10.2. The van der Waals surface area contributed by atoms with E-state index >= 15 is 0 Å². The monoisotopic (exact) mass is 639 g/mol. The van der Waals surface area contributed by atoms with Crippen molar-refractivity contribution in [1.82, 2.24) is 14.8 Å². The van der Waals surface area contributed by atoms with Crippen LogP contribution in [-0.4, -0.2) is 76.8 Å². The molecule has 10 heteroatoms. The Kier molecular flexibility index (Phi) is 9.71. The van der Waals surface area contributed by atoms with Crippen LogP contribution in [0.5, 0.6) is 5.75 Å². The molecule has 0 spiro atoms. The molecule has 3 atom stereocenters. The van der Waals surface area contributed by atoms with Gasteiger partial charge in [0.25, 0.3) is 0 Å². The molecule has 1 aliphatic heterocycles. The van der Waals surface area contributed by atoms with E-state index in [4.69, 9.17) is 16.6 Å². The topological polar surface area (TPSA) is 89.3 Å². The van der Waals surface area contributed by atoms with E-state index in [0.29, 0.717) is 57.6 Å². The standard InChI is InChI=1S/C31H35BrClN5O3/c1-6-28(41)36-13-14-37(20(4)17-36)30(34-5)24-16-26(33)29(23-15-21(40)11-12-25(23)32)35-31(24)38(18-39)27-10-8-7-9-22(27)19(2)3/h6-12,15-16,18-20,22,27,40H,1,13-14,17H2,2-5H3/b34-30+. The number of aliphatic imine (C=N–C) groups is 1. The molecule has 3 unspecified atom stereocenters. The lowest BCUT2D eigenvalue weighted by Gasteiger charge is -2.42. The fourth-order valence-electron chi connectivity index (χ4n) is 5.50. The molecule has 8 nitrogen and oxygen atoms in total. The van der Waals surface area contributed by atoms with Gasteiger partial charge in [-0.25, -0.2) is 4.98 Å². The van der Waals surface area contributed by atoms with Crippen molar-refractivity contribution in [2.45, 2.75) is 32.9 Å². The number of anilines is 1. The maximum Gasteiger partial charge on any atom is 0.246 e. The van der Waals surface area contributed by atoms with Gasteiger partial charge in [-0.05, 0) is 43.2 Å². The molecule has 0 radical (unpaired) electrons. The predicted molar refractivity (Wildman–Crippen MR) is 168 cm³/mol. The number of aromatic hydroxyl groups is 1. The second kappa shape index (κ2) is 13.0. The van der Waals surface area contributed by atoms with E-state index in [1.807, 2.05) is 25.2 Å². The number of allylic oxidation sites excluding steroid dienone is 2. The van der Waals surface area contributed by atoms with Gasteiger partial charge in [0.05, 0.1) is 22.3 Å². The summed E-state index contributed by atoms with van der Waals surface area (Å²) in [4.78, 5) is 40.4. The van der Waals surface area contributed by atoms with Crippen LogP contribution in [0.2, 0.25) is 5.02 Å². The van der Waals surface area contributed by atoms with Gasteiger partial charge in [-0.3, -0.25) is 19.5 Å². The molecule has 1 aliphatic carbocycles. The lowest BCUT2D eigenvalue weighted by Crippen LogP contribution is -2.55. The minimum atomic E-state index is -0.289. The van der Waals surface area contributed by atoms with Gasteiger partial charge < -0.3 is 14.9 Å². The van der Waals surface area contributed by atoms with Crippen molar-refractivity contribution in [3.8, 4) is 17.0 Å². The van der Waals surface area contributed by atoms with E-state index < -0.39 is 0 Å². The Bertz CT molecular complexity index is 1420. The molecular formula is C31H35BrClN5O3. The number of piperazine rings is 1. The summed E-state index contributed by atoms with van der Waals surface area (Å²) in [7, 11) is 1.70. The fourth-order valence-corrected chi connectivity index (χ4v) is 6.19. The first-order chi connectivity index (χ1) is 19.6. The van der Waals surface area contributed by atoms with E-state index in [9.17, 15) is 14.7 Å². The summed E-state index contributed by atoms with van der Waals surface area (Å²) in [5.41, 5.74) is 1.61. The van der Waals surface area contributed by atoms with E-state index in [1.54, 1.807) is 41.1 Å². The van der Waals surface area contributed by atoms with Crippen LogP contribution < -0.4 is 4.90 Å². The minimum Gasteiger partial charge on any atom is -0.508 e. The highest BCUT2D eigenvalue weighted by Crippen LogP contribution is 2.39. The quantitative estimate of drug-likeness (QED) is 0.182. The van der Waals surface area contributed by atoms with Crippen LogP contribution in [0.1, 0.15) is 26.3 Å². The number of amides is 2. The second-order valence-electron chi connectivity index (χ2n) is 10.5. The smallest absolute Gasteiger partial charge is 0.246 e. The Morgan fingerprint density at radius 2 is 2.00 bits per heavy atom. The minimum absolute atomic E-state index is 0.0564. The highest BCUT2D eigenvalue weighted by atomic mass is 79.9. The number of amidine groups is 1. The Morgan fingerprint density at radius 3 is 2.63 bits per heavy atom. The number of rotatable bonds is 7. The van der Waals surface area contributed by atoms with E-state index in [0.717, 1.165) is 6.41 Å². The molecule has 1 saturated heterocycles. The van der Waals surface area contributed by atoms with Crippen LogP contribution in [0.3, 0.4) is 0 Å². The van der Waals surface area contributed by atoms with Gasteiger partial charge in [-0.2, -0.15) is 0 Å². The zero-order chi connectivity index (χ0) is 29.8. The summed E-state index contributed by atoms with van der Waals surface area (Å²) >= 11 is 10.5. The van der Waals surface area contributed by atoms with Gasteiger partial charge in [0, 0.05) is 48.7 Å². The second-order valence-corrected chi connectivity index (χ2v) is 11.8. The lowest BCUT2D eigenvalue weighted by atomic mass is 9.84. The van der Waals surface area contributed by atoms with Crippen molar-refractivity contribution in [2.24, 2.45) is 16.8 Å². The van der Waals surface area contributed by atoms with E-state index in [-0.39, 0.29) is 35.6 Å². The first-order valence-electron chi connectivity index (χ1n) is 13.5. The molecule has 1 aromatic carbocycles. The molecule has 2 amide bonds. The van der Waals surface area contributed by atoms with Crippen LogP contribution >= 0.6 is 27.5 Å². The highest BCUT2D eigenvalue weighted by molar-refractivity contribution is 9.10. The molecule has 2 heterocycles. The molecule has 1 aromatic heterocycles. The predicted octanol–water partition coefficient (Wildman–Crippen LogP) is 5.69. The first kappa shape index (κ1) is 30.5. The number of phenols is 1. The number of hydrogen-bond acceptors (Lipinski definition) is 5. The molecule has 41 heavy (non-hydrogen) atoms. The van der Waals surface area contributed by atoms with Crippen molar-refractivity contribution in [3.05, 3.63) is 76.3 Å². The van der Waals surface area contributed by atoms with Gasteiger partial charge in [-0.1, -0.05) is 72.3 Å². The van der Waals surface area contributed by atoms with Crippen molar-refractivity contribution < 1.29 is 14.7 Å². The largest absolute Gasteiger partial charge is 0.508 e. The number of benzene rings is 1. The van der Waals surface area contributed by atoms with Crippen molar-refractivity contribution in [3.63, 3.8) is 0 Å². The third kappa shape index (κ3) is 6.26. The van der Waals surface area contributed by atoms with Crippen molar-refractivity contribution in [2.75, 3.05) is 31.6 Å². The van der Waals surface area contributed by atoms with E-state index in [2.05, 4.69) is 52.3 Å². The van der Waals surface area contributed by atoms with Gasteiger partial charge in [0.15, 0.2) is 0 Å². The number of phenolic OH excluding ortho intramolecular Hbond substituents is 1. The molecule has 216 valence electrons. The zero-order valence-electron chi connectivity index (χ0n) is 23.7. The third-order valence-corrected chi connectivity index (χ3v) is 8.58. The number of aromatic nitrogens is 1. The van der Waals surface area contributed by atoms with Crippen LogP contribution in [0.25, 0.3) is 11.3 Å². The average molecular weight is 641 g/mol. The lowest BCUT2D eigenvalue weighted by molar-refractivity contribution is -0.128. The third-order valence-electron chi connectivity index (χ3n) is 7.60. The molecule has 0 bridgehead atoms. The summed E-state index contributed by atoms with van der Waals surface area (Å²) in [5.74, 6) is 1.30. The van der Waals surface area contributed by atoms with Crippen LogP contribution in [0.15, 0.2) is 70.7 Å². The molecular weight excluding hydrogens is 606 g/mol. The number of hydrogen-bond donors (Lipinski definition) is 1. The van der Waals surface area contributed by atoms with Gasteiger partial charge >= 0.3 is 0 Å². The fraction of sp³-hybridized carbons (Fsp3) is 0.355. The van der Waals surface area contributed by atoms with Crippen LogP contribution in [-0.2, 0) is 9.59 Å². The SMILES string of the molecule is C=CC(=O)N1CCN(/C(=N/C)c2cc(Cl)c(-c3cc(O)ccc3Br)nc2N(C=O)C2C=CC=CC2C(C)C)C(C)C1. The number of carbonyl (C=O) groups excluding carboxylic acids is 2. The Hall–Kier alpha value is -3.43. The van der Waals surface area contributed by atoms with Gasteiger partial charge in [0.2, 0.25) is 12.3 Å². The molecule has 4 rings (SSSR count). The number of pyridine rings is 1. The number of halogens is 2. The normalized spacial score (nSPS) is 20.9. The van der Waals surface area contributed by atoms with Gasteiger partial charge in [0.1, 0.15) is 17.4 Å². The highest BCUT2D eigenvalue weighted by Gasteiger charge is 2.34. The summed E-state index contributed by atoms with van der Waals surface area (Å²) in [6.45, 7) is 11.4. The van der Waals surface area contributed by atoms with Crippen LogP contribution in [0, 0.1) is 11.8 Å². The summed E-state index contributed by atoms with van der Waals surface area (Å²) in [6, 6.07) is 6.31. The van der Waals surface area contributed by atoms with Gasteiger partial charge in [-0.15, -0.1) is 0 Å². The first-order valence-corrected chi connectivity index (χ1v) is 14.7. The summed E-state index contributed by atoms with van der Waals surface area (Å²) < 4.78 is 0.697. The van der Waals surface area contributed by atoms with Crippen molar-refractivity contribution in [1.29, 1.82) is 0 Å². The molecule has 2 aliphatic rings. The van der Waals surface area contributed by atoms with E-state index in [1.165, 1.54) is 6.08 Å². The molecule has 0 saturated carbocycles. The maximum absolute atomic E-state index is 12.9. The summed E-state index contributed by atoms with van der Waals surface area (Å²) in [5, 5.41) is 10.6. The van der Waals surface area contributed by atoms with Crippen LogP contribution in [0.4, 0.5) is 5.82 Å². The molecule has 2 aromatic rings. The number of carbonyl (C=O) groups is 2. The zero-order valence-corrected chi connectivity index (χ0v) is 26.0. The Labute approximate surface area is 254 Å². The average Bonchev–Trinajstić information content (AvgIpc) is 2.96.